The molecule has 2 unspecified atom stereocenters. The molecule has 138 valence electrons. The third-order valence-corrected chi connectivity index (χ3v) is 5.78. The Kier molecular flexibility index (Phi) is 4.53. The monoisotopic (exact) mass is 369 g/mol. The molecule has 10 heteroatoms. The first-order valence-electron chi connectivity index (χ1n) is 8.02. The molecule has 2 aromatic heterocycles. The summed E-state index contributed by atoms with van der Waals surface area (Å²) in [6, 6.07) is 0. The number of ether oxygens (including phenoxy) is 1. The number of aromatic nitrogens is 4. The van der Waals surface area contributed by atoms with Crippen LogP contribution in [0.3, 0.4) is 0 Å². The number of fused-ring (bicyclic) bond motifs is 1. The van der Waals surface area contributed by atoms with Crippen LogP contribution in [-0.2, 0) is 4.74 Å². The molecule has 5 N–H and O–H groups in total. The molecule has 0 radical (unpaired) electrons. The summed E-state index contributed by atoms with van der Waals surface area (Å²) in [7, 11) is 0. The molecule has 1 fully saturated rings. The van der Waals surface area contributed by atoms with Gasteiger partial charge in [0.15, 0.2) is 17.4 Å². The van der Waals surface area contributed by atoms with Gasteiger partial charge in [-0.1, -0.05) is 0 Å². The lowest BCUT2D eigenvalue weighted by atomic mass is 10.1. The van der Waals surface area contributed by atoms with Crippen LogP contribution in [0.2, 0.25) is 0 Å². The third kappa shape index (κ3) is 3.37. The molecule has 1 aliphatic heterocycles. The third-order valence-electron chi connectivity index (χ3n) is 4.31. The van der Waals surface area contributed by atoms with Crippen LogP contribution >= 0.6 is 6.89 Å². The molecular weight excluding hydrogens is 345 g/mol. The Hall–Kier alpha value is -1.67. The van der Waals surface area contributed by atoms with Crippen molar-refractivity contribution in [3.63, 3.8) is 0 Å². The molecule has 2 aromatic rings. The maximum absolute atomic E-state index is 12.0. The average molecular weight is 369 g/mol. The number of hydrogen-bond donors (Lipinski definition) is 4. The largest absolute Gasteiger partial charge is 0.388 e. The molecule has 3 rings (SSSR count). The molecule has 0 aliphatic carbocycles. The van der Waals surface area contributed by atoms with Crippen LogP contribution < -0.4 is 11.3 Å². The van der Waals surface area contributed by atoms with Crippen LogP contribution in [0.4, 0.5) is 5.95 Å². The van der Waals surface area contributed by atoms with Gasteiger partial charge in [-0.2, -0.15) is 0 Å². The van der Waals surface area contributed by atoms with Gasteiger partial charge in [0.05, 0.1) is 6.10 Å². The van der Waals surface area contributed by atoms with Crippen molar-refractivity contribution in [2.24, 2.45) is 0 Å². The number of H-pyrrole nitrogens is 1. The summed E-state index contributed by atoms with van der Waals surface area (Å²) >= 11 is 0. The number of nitrogen functional groups attached to an aromatic ring is 1. The van der Waals surface area contributed by atoms with Gasteiger partial charge in [0.2, 0.25) is 5.95 Å². The van der Waals surface area contributed by atoms with E-state index in [4.69, 9.17) is 10.5 Å². The Balaban J connectivity index is 1.97. The number of nitrogens with zero attached hydrogens (tertiary/aromatic N) is 3. The molecule has 3 heterocycles. The van der Waals surface area contributed by atoms with Gasteiger partial charge in [0, 0.05) is 0 Å². The Labute approximate surface area is 144 Å². The van der Waals surface area contributed by atoms with Crippen LogP contribution in [0.1, 0.15) is 18.5 Å². The quantitative estimate of drug-likeness (QED) is 0.544. The topological polar surface area (TPSA) is 139 Å². The summed E-state index contributed by atoms with van der Waals surface area (Å²) < 4.78 is 7.25. The number of aliphatic hydroxyl groups is 2. The van der Waals surface area contributed by atoms with Crippen molar-refractivity contribution in [2.45, 2.75) is 37.9 Å². The van der Waals surface area contributed by atoms with E-state index >= 15 is 0 Å². The molecule has 0 amide bonds. The fraction of sp³-hybridized carbons (Fsp3) is 0.600. The minimum atomic E-state index is -1.28. The van der Waals surface area contributed by atoms with E-state index in [0.29, 0.717) is 12.2 Å². The number of aryl methyl sites for hydroxylation is 1. The van der Waals surface area contributed by atoms with Crippen molar-refractivity contribution in [1.82, 2.24) is 19.5 Å². The number of imidazole rings is 1. The zero-order chi connectivity index (χ0) is 18.5. The summed E-state index contributed by atoms with van der Waals surface area (Å²) in [6.07, 6.45) is 1.80. The highest BCUT2D eigenvalue weighted by atomic mass is 31.2. The minimum absolute atomic E-state index is 0.000452. The van der Waals surface area contributed by atoms with Crippen LogP contribution in [0.5, 0.6) is 0 Å². The fourth-order valence-electron chi connectivity index (χ4n) is 3.02. The number of aliphatic hydroxyl groups excluding tert-OH is 2. The average Bonchev–Trinajstić information content (AvgIpc) is 2.95. The summed E-state index contributed by atoms with van der Waals surface area (Å²) in [6.45, 7) is 4.56. The first-order chi connectivity index (χ1) is 11.6. The molecule has 0 saturated carbocycles. The maximum atomic E-state index is 12.0. The van der Waals surface area contributed by atoms with Crippen molar-refractivity contribution in [1.29, 1.82) is 0 Å². The van der Waals surface area contributed by atoms with Gasteiger partial charge in [0.1, 0.15) is 18.0 Å². The fourth-order valence-corrected chi connectivity index (χ4v) is 3.97. The summed E-state index contributed by atoms with van der Waals surface area (Å²) in [5.41, 5.74) is 5.81. The highest BCUT2D eigenvalue weighted by molar-refractivity contribution is 7.72. The second-order valence-corrected chi connectivity index (χ2v) is 11.5. The van der Waals surface area contributed by atoms with Gasteiger partial charge in [-0.3, -0.25) is 9.36 Å². The number of rotatable bonds is 4. The van der Waals surface area contributed by atoms with Gasteiger partial charge in [-0.25, -0.2) is 9.97 Å². The first kappa shape index (κ1) is 18.1. The summed E-state index contributed by atoms with van der Waals surface area (Å²) in [4.78, 5) is 22.9. The lowest BCUT2D eigenvalue weighted by Crippen LogP contribution is -2.32. The molecule has 9 nitrogen and oxygen atoms in total. The highest BCUT2D eigenvalue weighted by Crippen LogP contribution is 2.40. The Bertz CT molecular complexity index is 901. The van der Waals surface area contributed by atoms with Crippen molar-refractivity contribution in [3.05, 3.63) is 16.2 Å². The standard InChI is InChI=1S/C15H24N5O4P/c1-7-17-12-9(13(23)18-7)19-15(16)20(12)14-11(22)10(21)8(24-14)5-6-25(2,3)4/h8,10-11,14,21-22H,2,5-6H2,1,3-4H3,(H2,16,19)(H,17,18,23)/t8-,10-,11?,14?/m1/s1. The van der Waals surface area contributed by atoms with Crippen LogP contribution in [-0.4, -0.2) is 73.8 Å². The number of aromatic amines is 1. The molecule has 0 spiro atoms. The highest BCUT2D eigenvalue weighted by Gasteiger charge is 2.45. The van der Waals surface area contributed by atoms with Gasteiger partial charge in [0.25, 0.3) is 5.56 Å². The zero-order valence-electron chi connectivity index (χ0n) is 14.5. The molecular formula is C15H24N5O4P. The maximum Gasteiger partial charge on any atom is 0.279 e. The number of hydrogen-bond acceptors (Lipinski definition) is 7. The predicted molar refractivity (Wildman–Crippen MR) is 98.6 cm³/mol. The Morgan fingerprint density at radius 1 is 1.36 bits per heavy atom. The predicted octanol–water partition coefficient (Wildman–Crippen LogP) is -0.271. The van der Waals surface area contributed by atoms with E-state index in [0.717, 1.165) is 6.16 Å². The van der Waals surface area contributed by atoms with E-state index in [1.165, 1.54) is 4.57 Å². The normalized spacial score (nSPS) is 27.2. The molecule has 25 heavy (non-hydrogen) atoms. The second kappa shape index (κ2) is 6.25. The molecule has 0 aromatic carbocycles. The van der Waals surface area contributed by atoms with Crippen LogP contribution in [0.15, 0.2) is 4.79 Å². The van der Waals surface area contributed by atoms with Crippen LogP contribution in [0, 0.1) is 6.92 Å². The minimum Gasteiger partial charge on any atom is -0.388 e. The van der Waals surface area contributed by atoms with Gasteiger partial charge < -0.3 is 25.7 Å². The molecule has 1 aliphatic rings. The zero-order valence-corrected chi connectivity index (χ0v) is 15.4. The number of anilines is 1. The van der Waals surface area contributed by atoms with Crippen molar-refractivity contribution >= 4 is 30.3 Å². The number of nitrogens with one attached hydrogen (secondary N) is 1. The van der Waals surface area contributed by atoms with Crippen LogP contribution in [0.25, 0.3) is 11.2 Å². The van der Waals surface area contributed by atoms with E-state index in [9.17, 15) is 15.0 Å². The second-order valence-electron chi connectivity index (χ2n) is 7.16. The van der Waals surface area contributed by atoms with E-state index in [-0.39, 0.29) is 17.1 Å². The van der Waals surface area contributed by atoms with Crippen molar-refractivity contribution in [3.8, 4) is 0 Å². The van der Waals surface area contributed by atoms with E-state index in [2.05, 4.69) is 34.6 Å². The SMILES string of the molecule is C=P(C)(C)CC[C@H]1OC(n2c(N)nc3c(=O)[nH]c(C)nc32)C(O)[C@@H]1O. The van der Waals surface area contributed by atoms with Gasteiger partial charge in [-0.05, 0) is 32.8 Å². The van der Waals surface area contributed by atoms with E-state index in [1.807, 2.05) is 0 Å². The van der Waals surface area contributed by atoms with Gasteiger partial charge >= 0.3 is 0 Å². The lowest BCUT2D eigenvalue weighted by molar-refractivity contribution is -0.0340. The smallest absolute Gasteiger partial charge is 0.279 e. The van der Waals surface area contributed by atoms with Crippen molar-refractivity contribution < 1.29 is 14.9 Å². The lowest BCUT2D eigenvalue weighted by Gasteiger charge is -2.19. The first-order valence-corrected chi connectivity index (χ1v) is 11.1. The summed E-state index contributed by atoms with van der Waals surface area (Å²) in [5, 5.41) is 20.8. The van der Waals surface area contributed by atoms with Gasteiger partial charge in [-0.15, -0.1) is 13.2 Å². The van der Waals surface area contributed by atoms with E-state index < -0.39 is 37.0 Å². The summed E-state index contributed by atoms with van der Waals surface area (Å²) in [5.74, 6) is 0.396. The number of nitrogens with two attached hydrogens (primary N) is 1. The molecule has 0 bridgehead atoms. The Morgan fingerprint density at radius 3 is 2.68 bits per heavy atom. The Morgan fingerprint density at radius 2 is 2.04 bits per heavy atom. The van der Waals surface area contributed by atoms with Crippen molar-refractivity contribution in [2.75, 3.05) is 25.2 Å². The molecule has 4 atom stereocenters. The molecule has 1 saturated heterocycles. The van der Waals surface area contributed by atoms with E-state index in [1.54, 1.807) is 6.92 Å².